The average Bonchev–Trinajstić information content (AvgIpc) is 2.75. The summed E-state index contributed by atoms with van der Waals surface area (Å²) in [5, 5.41) is 12.4. The van der Waals surface area contributed by atoms with Gasteiger partial charge in [0, 0.05) is 13.2 Å². The number of amides is 1. The molecule has 4 nitrogen and oxygen atoms in total. The first kappa shape index (κ1) is 21.4. The van der Waals surface area contributed by atoms with Crippen LogP contribution in [0.4, 0.5) is 8.78 Å². The van der Waals surface area contributed by atoms with Gasteiger partial charge < -0.3 is 15.2 Å². The van der Waals surface area contributed by atoms with Gasteiger partial charge in [-0.2, -0.15) is 0 Å². The Morgan fingerprint density at radius 2 is 1.76 bits per heavy atom. The first-order valence-corrected chi connectivity index (χ1v) is 10.0. The number of nitrogens with one attached hydrogen (secondary N) is 1. The van der Waals surface area contributed by atoms with Crippen LogP contribution in [0.2, 0.25) is 0 Å². The number of aliphatic hydroxyl groups is 1. The van der Waals surface area contributed by atoms with Crippen LogP contribution in [-0.2, 0) is 16.0 Å². The van der Waals surface area contributed by atoms with E-state index >= 15 is 0 Å². The maximum Gasteiger partial charge on any atom is 0.227 e. The minimum absolute atomic E-state index is 0.0496. The van der Waals surface area contributed by atoms with Gasteiger partial charge >= 0.3 is 0 Å². The molecule has 2 N–H and O–H groups in total. The van der Waals surface area contributed by atoms with Gasteiger partial charge in [0.05, 0.1) is 18.1 Å². The van der Waals surface area contributed by atoms with Crippen molar-refractivity contribution in [2.24, 2.45) is 5.41 Å². The molecule has 2 aromatic rings. The number of rotatable bonds is 7. The van der Waals surface area contributed by atoms with E-state index in [-0.39, 0.29) is 18.6 Å². The standard InChI is InChI=1S/C23H27F2NO3/c1-2-19(15-27)26-22(28)23(9-11-29-12-10-23)14-16-3-5-17(6-4-16)18-7-8-20(24)21(25)13-18/h3-8,13,19,27H,2,9-12,14-15H2,1H3,(H,26,28). The summed E-state index contributed by atoms with van der Waals surface area (Å²) in [6.45, 7) is 2.89. The molecule has 1 fully saturated rings. The number of halogens is 2. The average molecular weight is 403 g/mol. The van der Waals surface area contributed by atoms with Crippen molar-refractivity contribution < 1.29 is 23.4 Å². The van der Waals surface area contributed by atoms with E-state index in [1.165, 1.54) is 6.07 Å². The van der Waals surface area contributed by atoms with Crippen LogP contribution >= 0.6 is 0 Å². The highest BCUT2D eigenvalue weighted by Crippen LogP contribution is 2.35. The second-order valence-electron chi connectivity index (χ2n) is 7.66. The molecule has 1 unspecified atom stereocenters. The Morgan fingerprint density at radius 1 is 1.10 bits per heavy atom. The molecule has 1 atom stereocenters. The van der Waals surface area contributed by atoms with E-state index in [0.717, 1.165) is 17.2 Å². The van der Waals surface area contributed by atoms with Crippen molar-refractivity contribution >= 4 is 5.91 Å². The number of hydrogen-bond acceptors (Lipinski definition) is 3. The lowest BCUT2D eigenvalue weighted by Gasteiger charge is -2.37. The number of aliphatic hydroxyl groups excluding tert-OH is 1. The van der Waals surface area contributed by atoms with Crippen LogP contribution in [0, 0.1) is 17.0 Å². The maximum atomic E-state index is 13.5. The highest BCUT2D eigenvalue weighted by molar-refractivity contribution is 5.83. The number of ether oxygens (including phenoxy) is 1. The second-order valence-corrected chi connectivity index (χ2v) is 7.66. The Balaban J connectivity index is 1.79. The fourth-order valence-corrected chi connectivity index (χ4v) is 3.74. The molecule has 1 aliphatic rings. The third-order valence-electron chi connectivity index (χ3n) is 5.73. The minimum Gasteiger partial charge on any atom is -0.394 e. The molecule has 29 heavy (non-hydrogen) atoms. The first-order chi connectivity index (χ1) is 14.0. The van der Waals surface area contributed by atoms with Crippen molar-refractivity contribution in [1.29, 1.82) is 0 Å². The zero-order valence-corrected chi connectivity index (χ0v) is 16.6. The van der Waals surface area contributed by atoms with Crippen molar-refractivity contribution in [3.63, 3.8) is 0 Å². The highest BCUT2D eigenvalue weighted by atomic mass is 19.2. The fraction of sp³-hybridized carbons (Fsp3) is 0.435. The van der Waals surface area contributed by atoms with Gasteiger partial charge in [-0.25, -0.2) is 8.78 Å². The zero-order chi connectivity index (χ0) is 20.9. The van der Waals surface area contributed by atoms with Crippen LogP contribution in [0.1, 0.15) is 31.7 Å². The fourth-order valence-electron chi connectivity index (χ4n) is 3.74. The van der Waals surface area contributed by atoms with Gasteiger partial charge in [-0.05, 0) is 54.5 Å². The summed E-state index contributed by atoms with van der Waals surface area (Å²) in [5.74, 6) is -1.80. The molecular formula is C23H27F2NO3. The topological polar surface area (TPSA) is 58.6 Å². The summed E-state index contributed by atoms with van der Waals surface area (Å²) in [7, 11) is 0. The third-order valence-corrected chi connectivity index (χ3v) is 5.73. The number of carbonyl (C=O) groups excluding carboxylic acids is 1. The number of benzene rings is 2. The van der Waals surface area contributed by atoms with Crippen molar-refractivity contribution in [3.8, 4) is 11.1 Å². The Bertz CT molecular complexity index is 829. The minimum atomic E-state index is -0.876. The lowest BCUT2D eigenvalue weighted by atomic mass is 9.74. The van der Waals surface area contributed by atoms with Gasteiger partial charge in [-0.15, -0.1) is 0 Å². The summed E-state index contributed by atoms with van der Waals surface area (Å²) in [5.41, 5.74) is 1.79. The maximum absolute atomic E-state index is 13.5. The molecule has 3 rings (SSSR count). The van der Waals surface area contributed by atoms with E-state index in [4.69, 9.17) is 4.74 Å². The lowest BCUT2D eigenvalue weighted by Crippen LogP contribution is -2.50. The van der Waals surface area contributed by atoms with Crippen LogP contribution in [0.25, 0.3) is 11.1 Å². The van der Waals surface area contributed by atoms with Gasteiger partial charge in [0.1, 0.15) is 0 Å². The van der Waals surface area contributed by atoms with E-state index in [1.807, 2.05) is 31.2 Å². The van der Waals surface area contributed by atoms with Crippen LogP contribution < -0.4 is 5.32 Å². The third kappa shape index (κ3) is 5.00. The molecule has 1 saturated heterocycles. The number of carbonyl (C=O) groups is 1. The van der Waals surface area contributed by atoms with Gasteiger partial charge in [0.15, 0.2) is 11.6 Å². The first-order valence-electron chi connectivity index (χ1n) is 10.0. The van der Waals surface area contributed by atoms with Crippen LogP contribution in [0.3, 0.4) is 0 Å². The molecule has 1 aliphatic heterocycles. The second kappa shape index (κ2) is 9.46. The Morgan fingerprint density at radius 3 is 2.34 bits per heavy atom. The van der Waals surface area contributed by atoms with E-state index in [0.29, 0.717) is 44.5 Å². The Hall–Kier alpha value is -2.31. The van der Waals surface area contributed by atoms with E-state index < -0.39 is 17.0 Å². The zero-order valence-electron chi connectivity index (χ0n) is 16.6. The molecule has 0 bridgehead atoms. The molecule has 0 aromatic heterocycles. The van der Waals surface area contributed by atoms with Crippen LogP contribution in [-0.4, -0.2) is 36.9 Å². The quantitative estimate of drug-likeness (QED) is 0.738. The molecule has 0 saturated carbocycles. The molecule has 6 heteroatoms. The van der Waals surface area contributed by atoms with Crippen molar-refractivity contribution in [1.82, 2.24) is 5.32 Å². The van der Waals surface area contributed by atoms with Crippen molar-refractivity contribution in [3.05, 3.63) is 59.7 Å². The molecular weight excluding hydrogens is 376 g/mol. The molecule has 0 radical (unpaired) electrons. The molecule has 0 spiro atoms. The monoisotopic (exact) mass is 403 g/mol. The molecule has 0 aliphatic carbocycles. The summed E-state index contributed by atoms with van der Waals surface area (Å²) in [6.07, 6.45) is 2.46. The van der Waals surface area contributed by atoms with E-state index in [1.54, 1.807) is 6.07 Å². The van der Waals surface area contributed by atoms with Gasteiger partial charge in [0.25, 0.3) is 0 Å². The molecule has 1 heterocycles. The SMILES string of the molecule is CCC(CO)NC(=O)C1(Cc2ccc(-c3ccc(F)c(F)c3)cc2)CCOCC1. The van der Waals surface area contributed by atoms with E-state index in [2.05, 4.69) is 5.32 Å². The molecule has 156 valence electrons. The summed E-state index contributed by atoms with van der Waals surface area (Å²) in [4.78, 5) is 13.1. The van der Waals surface area contributed by atoms with E-state index in [9.17, 15) is 18.7 Å². The Labute approximate surface area is 169 Å². The van der Waals surface area contributed by atoms with Crippen LogP contribution in [0.5, 0.6) is 0 Å². The summed E-state index contributed by atoms with van der Waals surface area (Å²) in [6, 6.07) is 11.1. The normalized spacial score (nSPS) is 17.0. The van der Waals surface area contributed by atoms with Crippen LogP contribution in [0.15, 0.2) is 42.5 Å². The predicted octanol–water partition coefficient (Wildman–Crippen LogP) is 3.86. The van der Waals surface area contributed by atoms with Crippen molar-refractivity contribution in [2.45, 2.75) is 38.6 Å². The largest absolute Gasteiger partial charge is 0.394 e. The molecule has 1 amide bonds. The van der Waals surface area contributed by atoms with Gasteiger partial charge in [-0.3, -0.25) is 4.79 Å². The lowest BCUT2D eigenvalue weighted by molar-refractivity contribution is -0.137. The number of hydrogen-bond donors (Lipinski definition) is 2. The predicted molar refractivity (Wildman–Crippen MR) is 107 cm³/mol. The Kier molecular flexibility index (Phi) is 6.98. The molecule has 2 aromatic carbocycles. The smallest absolute Gasteiger partial charge is 0.227 e. The summed E-state index contributed by atoms with van der Waals surface area (Å²) >= 11 is 0. The van der Waals surface area contributed by atoms with Gasteiger partial charge in [0.2, 0.25) is 5.91 Å². The summed E-state index contributed by atoms with van der Waals surface area (Å²) < 4.78 is 32.1. The highest BCUT2D eigenvalue weighted by Gasteiger charge is 2.40. The van der Waals surface area contributed by atoms with Gasteiger partial charge in [-0.1, -0.05) is 37.3 Å². The van der Waals surface area contributed by atoms with Crippen molar-refractivity contribution in [2.75, 3.05) is 19.8 Å².